The molecule has 0 spiro atoms. The van der Waals surface area contributed by atoms with E-state index >= 15 is 0 Å². The maximum atomic E-state index is 12.7. The van der Waals surface area contributed by atoms with Gasteiger partial charge in [0, 0.05) is 35.3 Å². The Morgan fingerprint density at radius 2 is 1.94 bits per heavy atom. The normalized spacial score (nSPS) is 11.6. The van der Waals surface area contributed by atoms with Crippen molar-refractivity contribution in [2.24, 2.45) is 4.99 Å². The summed E-state index contributed by atoms with van der Waals surface area (Å²) in [5.74, 6) is 0.158. The Bertz CT molecular complexity index is 1160. The molecule has 0 aliphatic heterocycles. The molecule has 1 N–H and O–H groups in total. The van der Waals surface area contributed by atoms with Gasteiger partial charge in [0.15, 0.2) is 4.80 Å². The van der Waals surface area contributed by atoms with E-state index in [1.165, 1.54) is 11.3 Å². The number of ether oxygens (including phenoxy) is 1. The van der Waals surface area contributed by atoms with Crippen molar-refractivity contribution in [3.63, 3.8) is 0 Å². The molecule has 0 fully saturated rings. The molecule has 0 saturated carbocycles. The van der Waals surface area contributed by atoms with E-state index in [-0.39, 0.29) is 11.8 Å². The summed E-state index contributed by atoms with van der Waals surface area (Å²) in [6, 6.07) is 14.4. The van der Waals surface area contributed by atoms with Gasteiger partial charge in [-0.25, -0.2) is 0 Å². The minimum absolute atomic E-state index is 0.110. The number of carbonyl (C=O) groups is 2. The van der Waals surface area contributed by atoms with E-state index in [4.69, 9.17) is 4.74 Å². The fourth-order valence-electron chi connectivity index (χ4n) is 3.16. The van der Waals surface area contributed by atoms with Gasteiger partial charge in [-0.1, -0.05) is 24.3 Å². The maximum absolute atomic E-state index is 12.7. The van der Waals surface area contributed by atoms with Gasteiger partial charge in [-0.3, -0.25) is 9.59 Å². The summed E-state index contributed by atoms with van der Waals surface area (Å²) >= 11 is 1.44. The average molecular weight is 453 g/mol. The van der Waals surface area contributed by atoms with Crippen LogP contribution in [-0.4, -0.2) is 55.6 Å². The van der Waals surface area contributed by atoms with Gasteiger partial charge in [-0.2, -0.15) is 4.99 Å². The second-order valence-corrected chi connectivity index (χ2v) is 8.83. The van der Waals surface area contributed by atoms with Gasteiger partial charge in [-0.05, 0) is 50.8 Å². The summed E-state index contributed by atoms with van der Waals surface area (Å²) in [5, 5.41) is 2.96. The van der Waals surface area contributed by atoms with E-state index in [0.717, 1.165) is 17.0 Å². The lowest BCUT2D eigenvalue weighted by Gasteiger charge is -2.13. The number of rotatable bonds is 8. The zero-order valence-electron chi connectivity index (χ0n) is 18.8. The molecular formula is C24H28N4O3S. The molecule has 7 nitrogen and oxygen atoms in total. The summed E-state index contributed by atoms with van der Waals surface area (Å²) in [4.78, 5) is 33.4. The standard InChI is InChI=1S/C24H28N4O3S/c1-17-15-28(24(32-17)26-22(29)18-9-7-10-20(14-18)31-4)16-19-8-5-6-11-21(19)23(30)25-12-13-27(2)3/h5-11,14-15H,12-13,16H2,1-4H3,(H,25,30). The van der Waals surface area contributed by atoms with Gasteiger partial charge in [0.25, 0.3) is 11.8 Å². The van der Waals surface area contributed by atoms with Crippen LogP contribution in [0.3, 0.4) is 0 Å². The summed E-state index contributed by atoms with van der Waals surface area (Å²) in [6.45, 7) is 3.74. The fraction of sp³-hybridized carbons (Fsp3) is 0.292. The molecule has 0 aliphatic rings. The quantitative estimate of drug-likeness (QED) is 0.570. The number of carbonyl (C=O) groups excluding carboxylic acids is 2. The van der Waals surface area contributed by atoms with Crippen LogP contribution in [0.4, 0.5) is 0 Å². The Morgan fingerprint density at radius 1 is 1.16 bits per heavy atom. The van der Waals surface area contributed by atoms with Crippen LogP contribution < -0.4 is 14.9 Å². The van der Waals surface area contributed by atoms with E-state index < -0.39 is 0 Å². The van der Waals surface area contributed by atoms with Crippen LogP contribution in [0.1, 0.15) is 31.2 Å². The summed E-state index contributed by atoms with van der Waals surface area (Å²) in [6.07, 6.45) is 1.95. The third-order valence-corrected chi connectivity index (χ3v) is 5.73. The van der Waals surface area contributed by atoms with Crippen LogP contribution in [0.25, 0.3) is 0 Å². The highest BCUT2D eigenvalue weighted by atomic mass is 32.1. The first-order valence-electron chi connectivity index (χ1n) is 10.3. The molecular weight excluding hydrogens is 424 g/mol. The number of nitrogens with one attached hydrogen (secondary N) is 1. The van der Waals surface area contributed by atoms with Crippen LogP contribution in [-0.2, 0) is 6.54 Å². The first-order valence-corrected chi connectivity index (χ1v) is 11.1. The Kier molecular flexibility index (Phi) is 7.97. The smallest absolute Gasteiger partial charge is 0.279 e. The predicted octanol–water partition coefficient (Wildman–Crippen LogP) is 2.95. The van der Waals surface area contributed by atoms with Crippen molar-refractivity contribution < 1.29 is 14.3 Å². The molecule has 3 aromatic rings. The maximum Gasteiger partial charge on any atom is 0.279 e. The number of hydrogen-bond acceptors (Lipinski definition) is 5. The lowest BCUT2D eigenvalue weighted by Crippen LogP contribution is -2.32. The number of likely N-dealkylation sites (N-methyl/N-ethyl adjacent to an activating group) is 1. The number of nitrogens with zero attached hydrogens (tertiary/aromatic N) is 3. The van der Waals surface area contributed by atoms with Gasteiger partial charge >= 0.3 is 0 Å². The van der Waals surface area contributed by atoms with Gasteiger partial charge in [-0.15, -0.1) is 11.3 Å². The largest absolute Gasteiger partial charge is 0.497 e. The lowest BCUT2D eigenvalue weighted by molar-refractivity contribution is 0.0948. The van der Waals surface area contributed by atoms with E-state index in [0.29, 0.717) is 34.8 Å². The molecule has 0 bridgehead atoms. The summed E-state index contributed by atoms with van der Waals surface area (Å²) in [7, 11) is 5.49. The molecule has 3 rings (SSSR count). The summed E-state index contributed by atoms with van der Waals surface area (Å²) in [5.41, 5.74) is 1.94. The van der Waals surface area contributed by atoms with Crippen LogP contribution in [0.2, 0.25) is 0 Å². The first kappa shape index (κ1) is 23.4. The lowest BCUT2D eigenvalue weighted by atomic mass is 10.1. The number of methoxy groups -OCH3 is 1. The van der Waals surface area contributed by atoms with Crippen LogP contribution >= 0.6 is 11.3 Å². The molecule has 0 radical (unpaired) electrons. The molecule has 8 heteroatoms. The highest BCUT2D eigenvalue weighted by Gasteiger charge is 2.13. The molecule has 1 aromatic heterocycles. The molecule has 168 valence electrons. The second-order valence-electron chi connectivity index (χ2n) is 7.62. The van der Waals surface area contributed by atoms with Crippen molar-refractivity contribution in [3.05, 3.63) is 81.1 Å². The fourth-order valence-corrected chi connectivity index (χ4v) is 3.99. The first-order chi connectivity index (χ1) is 15.4. The third kappa shape index (κ3) is 6.15. The number of hydrogen-bond donors (Lipinski definition) is 1. The van der Waals surface area contributed by atoms with Crippen molar-refractivity contribution in [1.82, 2.24) is 14.8 Å². The Hall–Kier alpha value is -3.23. The number of thiazole rings is 1. The Morgan fingerprint density at radius 3 is 2.69 bits per heavy atom. The Balaban J connectivity index is 1.86. The molecule has 0 saturated heterocycles. The number of amides is 2. The molecule has 0 aliphatic carbocycles. The van der Waals surface area contributed by atoms with Crippen molar-refractivity contribution in [2.75, 3.05) is 34.3 Å². The molecule has 0 unspecified atom stereocenters. The molecule has 0 atom stereocenters. The van der Waals surface area contributed by atoms with Crippen LogP contribution in [0.15, 0.2) is 59.7 Å². The monoisotopic (exact) mass is 452 g/mol. The van der Waals surface area contributed by atoms with Gasteiger partial charge in [0.2, 0.25) is 0 Å². The second kappa shape index (κ2) is 10.9. The van der Waals surface area contributed by atoms with E-state index in [1.807, 2.05) is 60.9 Å². The third-order valence-electron chi connectivity index (χ3n) is 4.80. The van der Waals surface area contributed by atoms with Gasteiger partial charge in [0.05, 0.1) is 13.7 Å². The highest BCUT2D eigenvalue weighted by Crippen LogP contribution is 2.14. The number of benzene rings is 2. The zero-order valence-corrected chi connectivity index (χ0v) is 19.6. The number of aryl methyl sites for hydroxylation is 1. The minimum Gasteiger partial charge on any atom is -0.497 e. The minimum atomic E-state index is -0.339. The highest BCUT2D eigenvalue weighted by molar-refractivity contribution is 7.09. The average Bonchev–Trinajstić information content (AvgIpc) is 3.12. The topological polar surface area (TPSA) is 75.9 Å². The van der Waals surface area contributed by atoms with Gasteiger partial charge < -0.3 is 19.5 Å². The van der Waals surface area contributed by atoms with Crippen molar-refractivity contribution >= 4 is 23.2 Å². The number of aromatic nitrogens is 1. The predicted molar refractivity (Wildman–Crippen MR) is 126 cm³/mol. The van der Waals surface area contributed by atoms with E-state index in [9.17, 15) is 9.59 Å². The molecule has 1 heterocycles. The summed E-state index contributed by atoms with van der Waals surface area (Å²) < 4.78 is 7.11. The molecule has 32 heavy (non-hydrogen) atoms. The van der Waals surface area contributed by atoms with Gasteiger partial charge in [0.1, 0.15) is 5.75 Å². The van der Waals surface area contributed by atoms with Crippen LogP contribution in [0.5, 0.6) is 5.75 Å². The Labute approximate surface area is 192 Å². The van der Waals surface area contributed by atoms with Crippen molar-refractivity contribution in [2.45, 2.75) is 13.5 Å². The van der Waals surface area contributed by atoms with E-state index in [1.54, 1.807) is 31.4 Å². The van der Waals surface area contributed by atoms with Crippen molar-refractivity contribution in [3.8, 4) is 5.75 Å². The SMILES string of the molecule is COc1cccc(C(=O)N=c2sc(C)cn2Cc2ccccc2C(=O)NCCN(C)C)c1. The zero-order chi connectivity index (χ0) is 23.1. The molecule has 2 amide bonds. The molecule has 2 aromatic carbocycles. The van der Waals surface area contributed by atoms with Crippen molar-refractivity contribution in [1.29, 1.82) is 0 Å². The van der Waals surface area contributed by atoms with E-state index in [2.05, 4.69) is 10.3 Å². The van der Waals surface area contributed by atoms with Crippen LogP contribution in [0, 0.1) is 6.92 Å².